The van der Waals surface area contributed by atoms with Crippen molar-refractivity contribution in [3.8, 4) is 6.01 Å². The largest absolute Gasteiger partial charge is 0.432 e. The van der Waals surface area contributed by atoms with Crippen LogP contribution in [0.2, 0.25) is 0 Å². The lowest BCUT2D eigenvalue weighted by molar-refractivity contribution is -0.175. The number of allylic oxidation sites excluding steroid dienone is 1. The van der Waals surface area contributed by atoms with Crippen LogP contribution in [-0.4, -0.2) is 66.5 Å². The highest BCUT2D eigenvalue weighted by molar-refractivity contribution is 8.18. The number of rotatable bonds is 5. The molecule has 0 unspecified atom stereocenters. The first kappa shape index (κ1) is 21.4. The molecule has 3 fully saturated rings. The molecule has 10 heteroatoms. The summed E-state index contributed by atoms with van der Waals surface area (Å²) in [6.07, 6.45) is 5.70. The Morgan fingerprint density at radius 1 is 1.24 bits per heavy atom. The van der Waals surface area contributed by atoms with Crippen molar-refractivity contribution >= 4 is 23.5 Å². The first-order valence-corrected chi connectivity index (χ1v) is 12.0. The summed E-state index contributed by atoms with van der Waals surface area (Å²) in [7, 11) is 0. The molecule has 0 amide bonds. The molecule has 3 atom stereocenters. The van der Waals surface area contributed by atoms with E-state index in [1.807, 2.05) is 64.2 Å². The van der Waals surface area contributed by atoms with Gasteiger partial charge in [-0.2, -0.15) is 4.68 Å². The Morgan fingerprint density at radius 2 is 2.00 bits per heavy atom. The maximum atomic E-state index is 6.22. The Labute approximate surface area is 180 Å². The predicted molar refractivity (Wildman–Crippen MR) is 113 cm³/mol. The molecule has 0 spiro atoms. The van der Waals surface area contributed by atoms with Crippen LogP contribution in [0.1, 0.15) is 47.5 Å². The van der Waals surface area contributed by atoms with E-state index >= 15 is 0 Å². The Bertz CT molecular complexity index is 743. The minimum absolute atomic E-state index is 0.00615. The second kappa shape index (κ2) is 8.03. The Balaban J connectivity index is 1.46. The third-order valence-electron chi connectivity index (χ3n) is 5.12. The van der Waals surface area contributed by atoms with Crippen molar-refractivity contribution in [2.45, 2.75) is 81.2 Å². The Kier molecular flexibility index (Phi) is 5.93. The zero-order chi connectivity index (χ0) is 20.7. The maximum absolute atomic E-state index is 6.22. The van der Waals surface area contributed by atoms with Crippen LogP contribution in [0, 0.1) is 0 Å². The van der Waals surface area contributed by atoms with E-state index in [2.05, 4.69) is 15.5 Å². The second-order valence-corrected chi connectivity index (χ2v) is 12.1. The standard InChI is InChI=1S/C19H30N4O4S2/c1-17(2,3)23-16(20-21-22-23)24-9-6-8-19(28-10-7-11-29-19)15-14-13(12-25-15)26-18(4,5)27-14/h6,9,13-15H,7-8,10-12H2,1-5H3/b9-6-/t13-,14-,15+/m1/s1. The third kappa shape index (κ3) is 4.46. The van der Waals surface area contributed by atoms with Crippen LogP contribution < -0.4 is 4.74 Å². The van der Waals surface area contributed by atoms with Gasteiger partial charge in [-0.05, 0) is 75.5 Å². The van der Waals surface area contributed by atoms with Crippen molar-refractivity contribution in [2.75, 3.05) is 18.1 Å². The Hall–Kier alpha value is -0.810. The van der Waals surface area contributed by atoms with E-state index in [1.165, 1.54) is 6.42 Å². The highest BCUT2D eigenvalue weighted by Gasteiger charge is 2.57. The molecule has 0 aromatic carbocycles. The molecule has 0 aliphatic carbocycles. The summed E-state index contributed by atoms with van der Waals surface area (Å²) >= 11 is 3.92. The first-order valence-electron chi connectivity index (χ1n) is 10.1. The van der Waals surface area contributed by atoms with Crippen molar-refractivity contribution in [3.63, 3.8) is 0 Å². The smallest absolute Gasteiger partial charge is 0.340 e. The third-order valence-corrected chi connectivity index (χ3v) is 8.59. The van der Waals surface area contributed by atoms with Crippen LogP contribution >= 0.6 is 23.5 Å². The summed E-state index contributed by atoms with van der Waals surface area (Å²) in [5, 5.41) is 11.7. The molecule has 3 aliphatic rings. The number of thioether (sulfide) groups is 2. The van der Waals surface area contributed by atoms with Crippen LogP contribution in [0.4, 0.5) is 0 Å². The van der Waals surface area contributed by atoms with E-state index < -0.39 is 5.79 Å². The number of ether oxygens (including phenoxy) is 4. The van der Waals surface area contributed by atoms with E-state index in [4.69, 9.17) is 18.9 Å². The normalized spacial score (nSPS) is 31.3. The number of nitrogens with zero attached hydrogens (tertiary/aromatic N) is 4. The SMILES string of the molecule is CC1(C)O[C@@H]2[C@@H](CO[C@@H]2C2(C/C=C\Oc3nnnn3C(C)(C)C)SCCCS2)O1. The van der Waals surface area contributed by atoms with Gasteiger partial charge in [-0.15, -0.1) is 23.5 Å². The molecule has 3 aliphatic heterocycles. The van der Waals surface area contributed by atoms with Gasteiger partial charge in [0.1, 0.15) is 18.3 Å². The monoisotopic (exact) mass is 442 g/mol. The molecule has 0 saturated carbocycles. The number of hydrogen-bond donors (Lipinski definition) is 0. The van der Waals surface area contributed by atoms with Crippen LogP contribution in [0.3, 0.4) is 0 Å². The molecular formula is C19H30N4O4S2. The number of hydrogen-bond acceptors (Lipinski definition) is 9. The van der Waals surface area contributed by atoms with Gasteiger partial charge >= 0.3 is 6.01 Å². The minimum Gasteiger partial charge on any atom is -0.432 e. The van der Waals surface area contributed by atoms with Crippen LogP contribution in [-0.2, 0) is 19.7 Å². The summed E-state index contributed by atoms with van der Waals surface area (Å²) in [5.41, 5.74) is -0.248. The highest BCUT2D eigenvalue weighted by atomic mass is 32.2. The Morgan fingerprint density at radius 3 is 2.72 bits per heavy atom. The summed E-state index contributed by atoms with van der Waals surface area (Å²) in [5.74, 6) is 1.68. The summed E-state index contributed by atoms with van der Waals surface area (Å²) in [6, 6.07) is 0.387. The van der Waals surface area contributed by atoms with E-state index in [0.717, 1.165) is 17.9 Å². The van der Waals surface area contributed by atoms with Gasteiger partial charge < -0.3 is 18.9 Å². The predicted octanol–water partition coefficient (Wildman–Crippen LogP) is 3.20. The van der Waals surface area contributed by atoms with E-state index in [9.17, 15) is 0 Å². The average Bonchev–Trinajstić information content (AvgIpc) is 3.33. The first-order chi connectivity index (χ1) is 13.7. The average molecular weight is 443 g/mol. The molecule has 1 aromatic heterocycles. The van der Waals surface area contributed by atoms with Gasteiger partial charge in [0.25, 0.3) is 0 Å². The van der Waals surface area contributed by atoms with Crippen molar-refractivity contribution < 1.29 is 18.9 Å². The lowest BCUT2D eigenvalue weighted by Crippen LogP contribution is -2.46. The fraction of sp³-hybridized carbons (Fsp3) is 0.842. The maximum Gasteiger partial charge on any atom is 0.340 e. The van der Waals surface area contributed by atoms with Crippen molar-refractivity contribution in [2.24, 2.45) is 0 Å². The molecule has 4 rings (SSSR count). The summed E-state index contributed by atoms with van der Waals surface area (Å²) in [6.45, 7) is 10.6. The molecule has 162 valence electrons. The second-order valence-electron chi connectivity index (χ2n) is 8.99. The fourth-order valence-corrected chi connectivity index (χ4v) is 7.35. The quantitative estimate of drug-likeness (QED) is 0.639. The van der Waals surface area contributed by atoms with Crippen molar-refractivity contribution in [1.29, 1.82) is 0 Å². The number of fused-ring (bicyclic) bond motifs is 1. The van der Waals surface area contributed by atoms with Gasteiger partial charge in [0.05, 0.1) is 22.5 Å². The van der Waals surface area contributed by atoms with Crippen LogP contribution in [0.15, 0.2) is 12.3 Å². The zero-order valence-corrected chi connectivity index (χ0v) is 19.3. The van der Waals surface area contributed by atoms with E-state index in [1.54, 1.807) is 10.9 Å². The molecule has 0 bridgehead atoms. The molecule has 4 heterocycles. The topological polar surface area (TPSA) is 80.5 Å². The van der Waals surface area contributed by atoms with Gasteiger partial charge in [0.2, 0.25) is 0 Å². The lowest BCUT2D eigenvalue weighted by atomic mass is 10.1. The van der Waals surface area contributed by atoms with Crippen molar-refractivity contribution in [1.82, 2.24) is 20.2 Å². The van der Waals surface area contributed by atoms with Crippen molar-refractivity contribution in [3.05, 3.63) is 12.3 Å². The molecule has 8 nitrogen and oxygen atoms in total. The van der Waals surface area contributed by atoms with Crippen LogP contribution in [0.5, 0.6) is 6.01 Å². The van der Waals surface area contributed by atoms with Gasteiger partial charge in [0.15, 0.2) is 5.79 Å². The molecule has 3 saturated heterocycles. The van der Waals surface area contributed by atoms with Gasteiger partial charge in [0, 0.05) is 0 Å². The van der Waals surface area contributed by atoms with E-state index in [0.29, 0.717) is 12.6 Å². The fourth-order valence-electron chi connectivity index (χ4n) is 3.90. The number of aromatic nitrogens is 4. The van der Waals surface area contributed by atoms with Gasteiger partial charge in [-0.1, -0.05) is 5.10 Å². The highest BCUT2D eigenvalue weighted by Crippen LogP contribution is 2.53. The van der Waals surface area contributed by atoms with E-state index in [-0.39, 0.29) is 27.9 Å². The molecule has 29 heavy (non-hydrogen) atoms. The summed E-state index contributed by atoms with van der Waals surface area (Å²) < 4.78 is 25.8. The summed E-state index contributed by atoms with van der Waals surface area (Å²) in [4.78, 5) is 0. The molecule has 0 radical (unpaired) electrons. The lowest BCUT2D eigenvalue weighted by Gasteiger charge is -2.41. The van der Waals surface area contributed by atoms with Gasteiger partial charge in [-0.3, -0.25) is 0 Å². The number of tetrazole rings is 1. The zero-order valence-electron chi connectivity index (χ0n) is 17.7. The molecular weight excluding hydrogens is 412 g/mol. The van der Waals surface area contributed by atoms with Gasteiger partial charge in [-0.25, -0.2) is 0 Å². The minimum atomic E-state index is -0.550. The molecule has 0 N–H and O–H groups in total. The molecule has 1 aromatic rings. The van der Waals surface area contributed by atoms with Crippen LogP contribution in [0.25, 0.3) is 0 Å².